The van der Waals surface area contributed by atoms with Gasteiger partial charge in [0, 0.05) is 31.7 Å². The third-order valence-electron chi connectivity index (χ3n) is 5.05. The number of piperidine rings is 1. The second-order valence-corrected chi connectivity index (χ2v) is 6.84. The maximum Gasteiger partial charge on any atom is 0.253 e. The summed E-state index contributed by atoms with van der Waals surface area (Å²) < 4.78 is 13.3. The van der Waals surface area contributed by atoms with Crippen molar-refractivity contribution in [2.75, 3.05) is 26.2 Å². The topological polar surface area (TPSA) is 40.6 Å². The monoisotopic (exact) mass is 332 g/mol. The van der Waals surface area contributed by atoms with Crippen molar-refractivity contribution in [2.45, 2.75) is 38.5 Å². The van der Waals surface area contributed by atoms with E-state index in [0.717, 1.165) is 38.8 Å². The van der Waals surface area contributed by atoms with E-state index in [9.17, 15) is 14.0 Å². The van der Waals surface area contributed by atoms with Gasteiger partial charge in [-0.15, -0.1) is 0 Å². The SMILES string of the molecule is O=C(c1cccc(F)c1)N1CCC[C@@H](C(=O)N2CCCCCC2)C1. The summed E-state index contributed by atoms with van der Waals surface area (Å²) in [5, 5.41) is 0. The molecule has 2 saturated heterocycles. The summed E-state index contributed by atoms with van der Waals surface area (Å²) in [7, 11) is 0. The van der Waals surface area contributed by atoms with Gasteiger partial charge in [0.1, 0.15) is 5.82 Å². The zero-order valence-electron chi connectivity index (χ0n) is 14.0. The molecule has 2 amide bonds. The lowest BCUT2D eigenvalue weighted by Gasteiger charge is -2.34. The first-order chi connectivity index (χ1) is 11.6. The van der Waals surface area contributed by atoms with Crippen LogP contribution in [0.1, 0.15) is 48.9 Å². The highest BCUT2D eigenvalue weighted by molar-refractivity contribution is 5.94. The Morgan fingerprint density at radius 3 is 2.38 bits per heavy atom. The number of hydrogen-bond donors (Lipinski definition) is 0. The van der Waals surface area contributed by atoms with E-state index in [1.807, 2.05) is 4.90 Å². The lowest BCUT2D eigenvalue weighted by molar-refractivity contribution is -0.136. The van der Waals surface area contributed by atoms with Crippen molar-refractivity contribution < 1.29 is 14.0 Å². The molecule has 0 aromatic heterocycles. The van der Waals surface area contributed by atoms with E-state index < -0.39 is 5.82 Å². The average Bonchev–Trinajstić information content (AvgIpc) is 2.90. The fraction of sp³-hybridized carbons (Fsp3) is 0.579. The fourth-order valence-electron chi connectivity index (χ4n) is 3.72. The highest BCUT2D eigenvalue weighted by Crippen LogP contribution is 2.22. The summed E-state index contributed by atoms with van der Waals surface area (Å²) in [6, 6.07) is 5.78. The predicted octanol–water partition coefficient (Wildman–Crippen LogP) is 3.08. The molecule has 0 N–H and O–H groups in total. The zero-order chi connectivity index (χ0) is 16.9. The Bertz CT molecular complexity index is 597. The summed E-state index contributed by atoms with van der Waals surface area (Å²) >= 11 is 0. The number of rotatable bonds is 2. The van der Waals surface area contributed by atoms with Gasteiger partial charge in [-0.2, -0.15) is 0 Å². The minimum Gasteiger partial charge on any atom is -0.342 e. The minimum atomic E-state index is -0.407. The van der Waals surface area contributed by atoms with Crippen molar-refractivity contribution in [3.63, 3.8) is 0 Å². The van der Waals surface area contributed by atoms with Crippen LogP contribution in [0.25, 0.3) is 0 Å². The van der Waals surface area contributed by atoms with E-state index in [1.54, 1.807) is 17.0 Å². The van der Waals surface area contributed by atoms with Crippen LogP contribution in [-0.4, -0.2) is 47.8 Å². The van der Waals surface area contributed by atoms with Crippen LogP contribution in [0.2, 0.25) is 0 Å². The Morgan fingerprint density at radius 2 is 1.67 bits per heavy atom. The van der Waals surface area contributed by atoms with E-state index in [4.69, 9.17) is 0 Å². The molecular formula is C19H25FN2O2. The van der Waals surface area contributed by atoms with Gasteiger partial charge in [-0.05, 0) is 43.9 Å². The van der Waals surface area contributed by atoms with E-state index in [0.29, 0.717) is 18.7 Å². The number of carbonyl (C=O) groups excluding carboxylic acids is 2. The number of carbonyl (C=O) groups is 2. The predicted molar refractivity (Wildman–Crippen MR) is 90.1 cm³/mol. The van der Waals surface area contributed by atoms with Crippen LogP contribution in [-0.2, 0) is 4.79 Å². The molecule has 0 aliphatic carbocycles. The van der Waals surface area contributed by atoms with Gasteiger partial charge >= 0.3 is 0 Å². The van der Waals surface area contributed by atoms with Gasteiger partial charge in [-0.25, -0.2) is 4.39 Å². The molecule has 2 fully saturated rings. The molecule has 1 aromatic rings. The number of likely N-dealkylation sites (tertiary alicyclic amines) is 2. The van der Waals surface area contributed by atoms with Gasteiger partial charge in [0.05, 0.1) is 5.92 Å². The van der Waals surface area contributed by atoms with Crippen LogP contribution in [0.15, 0.2) is 24.3 Å². The van der Waals surface area contributed by atoms with Crippen molar-refractivity contribution in [1.29, 1.82) is 0 Å². The zero-order valence-corrected chi connectivity index (χ0v) is 14.0. The Labute approximate surface area is 142 Å². The van der Waals surface area contributed by atoms with Gasteiger partial charge in [0.2, 0.25) is 5.91 Å². The molecule has 0 radical (unpaired) electrons. The molecule has 4 nitrogen and oxygen atoms in total. The molecule has 0 saturated carbocycles. The number of hydrogen-bond acceptors (Lipinski definition) is 2. The summed E-state index contributed by atoms with van der Waals surface area (Å²) in [5.41, 5.74) is 0.359. The van der Waals surface area contributed by atoms with Crippen molar-refractivity contribution in [3.8, 4) is 0 Å². The standard InChI is InChI=1S/C19H25FN2O2/c20-17-9-5-7-15(13-17)18(23)22-12-6-8-16(14-22)19(24)21-10-3-1-2-4-11-21/h5,7,9,13,16H,1-4,6,8,10-12,14H2/t16-/m1/s1. The smallest absolute Gasteiger partial charge is 0.253 e. The number of halogens is 1. The molecule has 24 heavy (non-hydrogen) atoms. The Kier molecular flexibility index (Phi) is 5.48. The number of amides is 2. The van der Waals surface area contributed by atoms with E-state index in [-0.39, 0.29) is 17.7 Å². The summed E-state index contributed by atoms with van der Waals surface area (Å²) in [6.45, 7) is 2.77. The highest BCUT2D eigenvalue weighted by atomic mass is 19.1. The first kappa shape index (κ1) is 16.9. The Hall–Kier alpha value is -1.91. The summed E-state index contributed by atoms with van der Waals surface area (Å²) in [6.07, 6.45) is 6.19. The largest absolute Gasteiger partial charge is 0.342 e. The molecule has 130 valence electrons. The molecule has 3 rings (SSSR count). The first-order valence-electron chi connectivity index (χ1n) is 8.99. The van der Waals surface area contributed by atoms with E-state index >= 15 is 0 Å². The van der Waals surface area contributed by atoms with Crippen LogP contribution in [0.3, 0.4) is 0 Å². The van der Waals surface area contributed by atoms with Crippen molar-refractivity contribution in [1.82, 2.24) is 9.80 Å². The van der Waals surface area contributed by atoms with Crippen LogP contribution in [0, 0.1) is 11.7 Å². The molecule has 1 atom stereocenters. The summed E-state index contributed by atoms with van der Waals surface area (Å²) in [5.74, 6) is -0.513. The van der Waals surface area contributed by atoms with Crippen LogP contribution < -0.4 is 0 Å². The maximum atomic E-state index is 13.3. The molecule has 2 aliphatic heterocycles. The third-order valence-corrected chi connectivity index (χ3v) is 5.05. The molecule has 0 unspecified atom stereocenters. The van der Waals surface area contributed by atoms with Gasteiger partial charge in [0.25, 0.3) is 5.91 Å². The molecule has 2 aliphatic rings. The number of nitrogens with zero attached hydrogens (tertiary/aromatic N) is 2. The second kappa shape index (κ2) is 7.77. The maximum absolute atomic E-state index is 13.3. The van der Waals surface area contributed by atoms with Crippen molar-refractivity contribution >= 4 is 11.8 Å². The molecule has 1 aromatic carbocycles. The highest BCUT2D eigenvalue weighted by Gasteiger charge is 2.31. The third kappa shape index (κ3) is 3.94. The van der Waals surface area contributed by atoms with Gasteiger partial charge in [-0.1, -0.05) is 18.9 Å². The van der Waals surface area contributed by atoms with Gasteiger partial charge in [-0.3, -0.25) is 9.59 Å². The molecule has 5 heteroatoms. The quantitative estimate of drug-likeness (QED) is 0.835. The lowest BCUT2D eigenvalue weighted by atomic mass is 9.95. The fourth-order valence-corrected chi connectivity index (χ4v) is 3.72. The lowest BCUT2D eigenvalue weighted by Crippen LogP contribution is -2.47. The van der Waals surface area contributed by atoms with Crippen molar-refractivity contribution in [2.24, 2.45) is 5.92 Å². The average molecular weight is 332 g/mol. The van der Waals surface area contributed by atoms with E-state index in [2.05, 4.69) is 0 Å². The van der Waals surface area contributed by atoms with Gasteiger partial charge < -0.3 is 9.80 Å². The second-order valence-electron chi connectivity index (χ2n) is 6.84. The Balaban J connectivity index is 1.65. The Morgan fingerprint density at radius 1 is 0.958 bits per heavy atom. The van der Waals surface area contributed by atoms with Gasteiger partial charge in [0.15, 0.2) is 0 Å². The molecule has 0 bridgehead atoms. The van der Waals surface area contributed by atoms with Crippen LogP contribution >= 0.6 is 0 Å². The van der Waals surface area contributed by atoms with Crippen molar-refractivity contribution in [3.05, 3.63) is 35.6 Å². The van der Waals surface area contributed by atoms with Crippen LogP contribution in [0.4, 0.5) is 4.39 Å². The molecule has 2 heterocycles. The molecular weight excluding hydrogens is 307 g/mol. The molecule has 0 spiro atoms. The van der Waals surface area contributed by atoms with E-state index in [1.165, 1.54) is 25.0 Å². The first-order valence-corrected chi connectivity index (χ1v) is 8.99. The van der Waals surface area contributed by atoms with Crippen LogP contribution in [0.5, 0.6) is 0 Å². The minimum absolute atomic E-state index is 0.116. The number of benzene rings is 1. The normalized spacial score (nSPS) is 22.1. The summed E-state index contributed by atoms with van der Waals surface area (Å²) in [4.78, 5) is 29.1.